The Balaban J connectivity index is 2.17. The number of hydrogen-bond donors (Lipinski definition) is 0. The lowest BCUT2D eigenvalue weighted by Crippen LogP contribution is -2.32. The summed E-state index contributed by atoms with van der Waals surface area (Å²) < 4.78 is 10.6. The molecule has 60 valence electrons. The first-order valence-corrected chi connectivity index (χ1v) is 3.78. The molecule has 3 nitrogen and oxygen atoms in total. The molecule has 1 saturated heterocycles. The second-order valence-corrected chi connectivity index (χ2v) is 2.84. The molecule has 3 atom stereocenters. The fraction of sp³-hybridized carbons (Fsp3) is 0.625. The van der Waals surface area contributed by atoms with E-state index in [2.05, 4.69) is 0 Å². The van der Waals surface area contributed by atoms with Crippen molar-refractivity contribution < 1.29 is 14.3 Å². The third-order valence-corrected chi connectivity index (χ3v) is 1.97. The first-order valence-electron chi connectivity index (χ1n) is 3.78. The van der Waals surface area contributed by atoms with Gasteiger partial charge in [-0.25, -0.2) is 0 Å². The zero-order valence-corrected chi connectivity index (χ0v) is 6.32. The Kier molecular flexibility index (Phi) is 1.55. The Morgan fingerprint density at radius 2 is 2.36 bits per heavy atom. The summed E-state index contributed by atoms with van der Waals surface area (Å²) in [7, 11) is 0. The maximum atomic E-state index is 11.1. The molecule has 0 N–H and O–H groups in total. The van der Waals surface area contributed by atoms with Crippen molar-refractivity contribution in [2.45, 2.75) is 31.8 Å². The van der Waals surface area contributed by atoms with Crippen molar-refractivity contribution in [2.24, 2.45) is 0 Å². The molecule has 1 aliphatic heterocycles. The van der Waals surface area contributed by atoms with Gasteiger partial charge in [0.25, 0.3) is 0 Å². The molecule has 0 aromatic carbocycles. The summed E-state index contributed by atoms with van der Waals surface area (Å²) in [5, 5.41) is 0. The summed E-state index contributed by atoms with van der Waals surface area (Å²) in [6, 6.07) is 0. The van der Waals surface area contributed by atoms with Gasteiger partial charge >= 0.3 is 0 Å². The molecule has 1 aliphatic carbocycles. The van der Waals surface area contributed by atoms with Crippen LogP contribution in [0.2, 0.25) is 0 Å². The van der Waals surface area contributed by atoms with Gasteiger partial charge in [0.05, 0.1) is 6.10 Å². The summed E-state index contributed by atoms with van der Waals surface area (Å²) in [5.41, 5.74) is 0. The predicted molar refractivity (Wildman–Crippen MR) is 38.0 cm³/mol. The average Bonchev–Trinajstić information content (AvgIpc) is 2.31. The Bertz CT molecular complexity index is 209. The van der Waals surface area contributed by atoms with E-state index in [9.17, 15) is 4.79 Å². The molecular weight excluding hydrogens is 144 g/mol. The molecule has 0 aromatic rings. The summed E-state index contributed by atoms with van der Waals surface area (Å²) in [6.45, 7) is 1.81. The first kappa shape index (κ1) is 7.00. The van der Waals surface area contributed by atoms with Crippen LogP contribution in [0.15, 0.2) is 12.2 Å². The standard InChI is InChI=1S/C8H10O3/c1-5-10-7-4-2-3-6(9)8(7)11-5/h2-3,5,7-8H,4H2,1H3. The lowest BCUT2D eigenvalue weighted by atomic mass is 10.0. The van der Waals surface area contributed by atoms with Gasteiger partial charge in [-0.05, 0) is 19.4 Å². The van der Waals surface area contributed by atoms with Crippen LogP contribution in [0.3, 0.4) is 0 Å². The summed E-state index contributed by atoms with van der Waals surface area (Å²) >= 11 is 0. The molecule has 1 fully saturated rings. The molecule has 11 heavy (non-hydrogen) atoms. The minimum atomic E-state index is -0.338. The minimum absolute atomic E-state index is 0.0330. The van der Waals surface area contributed by atoms with Crippen LogP contribution < -0.4 is 0 Å². The monoisotopic (exact) mass is 154 g/mol. The molecule has 0 radical (unpaired) electrons. The fourth-order valence-corrected chi connectivity index (χ4v) is 1.49. The Morgan fingerprint density at radius 3 is 3.09 bits per heavy atom. The van der Waals surface area contributed by atoms with E-state index in [1.165, 1.54) is 0 Å². The van der Waals surface area contributed by atoms with Crippen LogP contribution in [0.25, 0.3) is 0 Å². The van der Waals surface area contributed by atoms with E-state index in [0.29, 0.717) is 0 Å². The number of fused-ring (bicyclic) bond motifs is 1. The molecule has 2 aliphatic rings. The first-order chi connectivity index (χ1) is 5.27. The number of ketones is 1. The molecule has 3 unspecified atom stereocenters. The van der Waals surface area contributed by atoms with Gasteiger partial charge in [-0.1, -0.05) is 6.08 Å². The van der Waals surface area contributed by atoms with Gasteiger partial charge in [-0.3, -0.25) is 4.79 Å². The van der Waals surface area contributed by atoms with Crippen LogP contribution in [0.1, 0.15) is 13.3 Å². The number of hydrogen-bond acceptors (Lipinski definition) is 3. The number of carbonyl (C=O) groups is 1. The van der Waals surface area contributed by atoms with Gasteiger partial charge < -0.3 is 9.47 Å². The number of ether oxygens (including phenoxy) is 2. The van der Waals surface area contributed by atoms with Gasteiger partial charge in [0.2, 0.25) is 0 Å². The van der Waals surface area contributed by atoms with E-state index >= 15 is 0 Å². The molecule has 0 bridgehead atoms. The highest BCUT2D eigenvalue weighted by molar-refractivity contribution is 5.95. The van der Waals surface area contributed by atoms with Crippen molar-refractivity contribution in [1.29, 1.82) is 0 Å². The van der Waals surface area contributed by atoms with E-state index in [4.69, 9.17) is 9.47 Å². The topological polar surface area (TPSA) is 35.5 Å². The second-order valence-electron chi connectivity index (χ2n) is 2.84. The Labute approximate surface area is 65.0 Å². The smallest absolute Gasteiger partial charge is 0.186 e. The van der Waals surface area contributed by atoms with Crippen LogP contribution in [0.4, 0.5) is 0 Å². The third-order valence-electron chi connectivity index (χ3n) is 1.97. The van der Waals surface area contributed by atoms with Crippen molar-refractivity contribution in [2.75, 3.05) is 0 Å². The minimum Gasteiger partial charge on any atom is -0.346 e. The van der Waals surface area contributed by atoms with Gasteiger partial charge in [-0.2, -0.15) is 0 Å². The van der Waals surface area contributed by atoms with E-state index in [-0.39, 0.29) is 24.3 Å². The van der Waals surface area contributed by atoms with Crippen molar-refractivity contribution >= 4 is 5.78 Å². The Hall–Kier alpha value is -0.670. The van der Waals surface area contributed by atoms with Crippen molar-refractivity contribution in [3.05, 3.63) is 12.2 Å². The maximum absolute atomic E-state index is 11.1. The third kappa shape index (κ3) is 1.10. The van der Waals surface area contributed by atoms with Crippen LogP contribution in [-0.2, 0) is 14.3 Å². The van der Waals surface area contributed by atoms with Crippen molar-refractivity contribution in [3.8, 4) is 0 Å². The molecule has 3 heteroatoms. The molecule has 0 spiro atoms. The van der Waals surface area contributed by atoms with Crippen LogP contribution in [0.5, 0.6) is 0 Å². The van der Waals surface area contributed by atoms with Crippen LogP contribution in [-0.4, -0.2) is 24.3 Å². The summed E-state index contributed by atoms with van der Waals surface area (Å²) in [5.74, 6) is 0.0330. The van der Waals surface area contributed by atoms with Crippen molar-refractivity contribution in [1.82, 2.24) is 0 Å². The largest absolute Gasteiger partial charge is 0.346 e. The molecule has 0 saturated carbocycles. The number of rotatable bonds is 0. The quantitative estimate of drug-likeness (QED) is 0.513. The highest BCUT2D eigenvalue weighted by atomic mass is 16.7. The van der Waals surface area contributed by atoms with Crippen molar-refractivity contribution in [3.63, 3.8) is 0 Å². The summed E-state index contributed by atoms with van der Waals surface area (Å²) in [6.07, 6.45) is 3.60. The van der Waals surface area contributed by atoms with E-state index < -0.39 is 0 Å². The summed E-state index contributed by atoms with van der Waals surface area (Å²) in [4.78, 5) is 11.1. The highest BCUT2D eigenvalue weighted by Crippen LogP contribution is 2.25. The molecule has 0 amide bonds. The lowest BCUT2D eigenvalue weighted by molar-refractivity contribution is -0.126. The van der Waals surface area contributed by atoms with E-state index in [0.717, 1.165) is 6.42 Å². The molecular formula is C8H10O3. The Morgan fingerprint density at radius 1 is 1.55 bits per heavy atom. The fourth-order valence-electron chi connectivity index (χ4n) is 1.49. The molecule has 0 aromatic heterocycles. The van der Waals surface area contributed by atoms with Gasteiger partial charge in [0.1, 0.15) is 6.10 Å². The van der Waals surface area contributed by atoms with Gasteiger partial charge in [-0.15, -0.1) is 0 Å². The second kappa shape index (κ2) is 2.43. The average molecular weight is 154 g/mol. The van der Waals surface area contributed by atoms with Crippen LogP contribution in [0, 0.1) is 0 Å². The van der Waals surface area contributed by atoms with Crippen LogP contribution >= 0.6 is 0 Å². The highest BCUT2D eigenvalue weighted by Gasteiger charge is 2.38. The van der Waals surface area contributed by atoms with Gasteiger partial charge in [0, 0.05) is 0 Å². The maximum Gasteiger partial charge on any atom is 0.186 e. The zero-order chi connectivity index (χ0) is 7.84. The zero-order valence-electron chi connectivity index (χ0n) is 6.32. The van der Waals surface area contributed by atoms with E-state index in [1.807, 2.05) is 13.0 Å². The molecule has 1 heterocycles. The number of carbonyl (C=O) groups excluding carboxylic acids is 1. The van der Waals surface area contributed by atoms with Gasteiger partial charge in [0.15, 0.2) is 12.1 Å². The lowest BCUT2D eigenvalue weighted by Gasteiger charge is -2.15. The normalized spacial score (nSPS) is 42.6. The predicted octanol–water partition coefficient (Wildman–Crippen LogP) is 0.645. The SMILES string of the molecule is CC1OC2CC=CC(=O)C2O1. The molecule has 2 rings (SSSR count). The van der Waals surface area contributed by atoms with E-state index in [1.54, 1.807) is 6.08 Å².